The number of aromatic nitrogens is 1. The lowest BCUT2D eigenvalue weighted by Crippen LogP contribution is -2.62. The van der Waals surface area contributed by atoms with Gasteiger partial charge in [-0.2, -0.15) is 13.2 Å². The van der Waals surface area contributed by atoms with Gasteiger partial charge in [-0.05, 0) is 68.7 Å². The summed E-state index contributed by atoms with van der Waals surface area (Å²) in [5, 5.41) is 6.31. The molecule has 0 unspecified atom stereocenters. The molecule has 0 spiro atoms. The molecule has 2 N–H and O–H groups in total. The zero-order chi connectivity index (χ0) is 24.7. The van der Waals surface area contributed by atoms with Crippen LogP contribution in [0.3, 0.4) is 0 Å². The maximum atomic E-state index is 13.4. The van der Waals surface area contributed by atoms with E-state index in [1.807, 2.05) is 0 Å². The average molecular weight is 487 g/mol. The summed E-state index contributed by atoms with van der Waals surface area (Å²) in [6.07, 6.45) is 0.0887. The Morgan fingerprint density at radius 3 is 2.43 bits per heavy atom. The minimum Gasteiger partial charge on any atom is -0.381 e. The lowest BCUT2D eigenvalue weighted by molar-refractivity contribution is -0.137. The molecule has 1 aliphatic heterocycles. The van der Waals surface area contributed by atoms with E-state index in [9.17, 15) is 22.8 Å². The SMILES string of the molecule is C[C@@H](NC(=O)c1cn(C23CC(C2)C3)c(=O)cc1N[C@H]1[C@@H]2CN(C)C[C@@H]21)c1cccc(C(F)(F)F)c1. The first-order valence-corrected chi connectivity index (χ1v) is 12.2. The Morgan fingerprint density at radius 1 is 1.14 bits per heavy atom. The number of piperidine rings is 1. The third-order valence-electron chi connectivity index (χ3n) is 8.58. The molecule has 186 valence electrons. The number of halogens is 3. The van der Waals surface area contributed by atoms with Crippen LogP contribution in [0.4, 0.5) is 18.9 Å². The fraction of sp³-hybridized carbons (Fsp3) is 0.538. The Hall–Kier alpha value is -2.81. The van der Waals surface area contributed by atoms with E-state index in [1.165, 1.54) is 12.1 Å². The molecule has 35 heavy (non-hydrogen) atoms. The molecule has 4 atom stereocenters. The number of carbonyl (C=O) groups excluding carboxylic acids is 1. The van der Waals surface area contributed by atoms with Gasteiger partial charge in [-0.1, -0.05) is 12.1 Å². The van der Waals surface area contributed by atoms with Gasteiger partial charge in [0, 0.05) is 36.9 Å². The van der Waals surface area contributed by atoms with E-state index in [2.05, 4.69) is 22.6 Å². The van der Waals surface area contributed by atoms with Crippen LogP contribution in [-0.4, -0.2) is 41.6 Å². The van der Waals surface area contributed by atoms with E-state index in [4.69, 9.17) is 0 Å². The van der Waals surface area contributed by atoms with E-state index < -0.39 is 23.7 Å². The molecule has 0 radical (unpaired) electrons. The molecule has 5 aliphatic rings. The predicted octanol–water partition coefficient (Wildman–Crippen LogP) is 3.84. The number of fused-ring (bicyclic) bond motifs is 1. The number of anilines is 1. The smallest absolute Gasteiger partial charge is 0.381 e. The molecule has 1 aromatic carbocycles. The number of hydrogen-bond donors (Lipinski definition) is 2. The highest BCUT2D eigenvalue weighted by molar-refractivity contribution is 5.99. The van der Waals surface area contributed by atoms with Crippen LogP contribution in [-0.2, 0) is 11.7 Å². The van der Waals surface area contributed by atoms with E-state index in [1.54, 1.807) is 23.8 Å². The first-order valence-electron chi connectivity index (χ1n) is 12.2. The third kappa shape index (κ3) is 3.75. The number of hydrogen-bond acceptors (Lipinski definition) is 4. The maximum absolute atomic E-state index is 13.4. The second-order valence-electron chi connectivity index (χ2n) is 11.0. The van der Waals surface area contributed by atoms with Gasteiger partial charge in [-0.3, -0.25) is 9.59 Å². The van der Waals surface area contributed by atoms with E-state index in [-0.39, 0.29) is 17.1 Å². The largest absolute Gasteiger partial charge is 0.416 e. The molecule has 2 heterocycles. The molecule has 1 saturated heterocycles. The molecular weight excluding hydrogens is 457 g/mol. The standard InChI is InChI=1S/C26H29F3N4O2/c1-14(16-4-3-5-17(6-16)26(27,28)29)30-24(35)20-13-33(25-8-15(9-25)10-25)22(34)7-21(20)31-23-18-11-32(2)12-19(18)23/h3-7,13-15,18-19,23,31H,8-12H2,1-2H3,(H,30,35)/t14-,15?,18-,19+,23+,25?/m1/s1. The van der Waals surface area contributed by atoms with E-state index >= 15 is 0 Å². The van der Waals surface area contributed by atoms with Gasteiger partial charge in [0.15, 0.2) is 0 Å². The minimum absolute atomic E-state index is 0.115. The van der Waals surface area contributed by atoms with Crippen molar-refractivity contribution in [3.05, 3.63) is 63.6 Å². The van der Waals surface area contributed by atoms with Crippen LogP contribution in [0.15, 0.2) is 41.3 Å². The predicted molar refractivity (Wildman–Crippen MR) is 125 cm³/mol. The van der Waals surface area contributed by atoms with Crippen LogP contribution in [0.25, 0.3) is 0 Å². The molecule has 9 heteroatoms. The van der Waals surface area contributed by atoms with Crippen LogP contribution in [0.5, 0.6) is 0 Å². The molecule has 2 aromatic rings. The van der Waals surface area contributed by atoms with Crippen molar-refractivity contribution in [3.8, 4) is 0 Å². The number of likely N-dealkylation sites (tertiary alicyclic amines) is 1. The van der Waals surface area contributed by atoms with Crippen LogP contribution < -0.4 is 16.2 Å². The van der Waals surface area contributed by atoms with Gasteiger partial charge in [0.05, 0.1) is 22.9 Å². The fourth-order valence-electron chi connectivity index (χ4n) is 6.40. The van der Waals surface area contributed by atoms with Gasteiger partial charge in [-0.15, -0.1) is 0 Å². The molecular formula is C26H29F3N4O2. The van der Waals surface area contributed by atoms with Gasteiger partial charge in [0.25, 0.3) is 11.5 Å². The van der Waals surface area contributed by atoms with Crippen molar-refractivity contribution in [2.45, 2.75) is 50.0 Å². The first kappa shape index (κ1) is 22.6. The molecule has 1 aromatic heterocycles. The Labute approximate surface area is 201 Å². The minimum atomic E-state index is -4.45. The molecule has 5 fully saturated rings. The van der Waals surface area contributed by atoms with Crippen LogP contribution in [0.2, 0.25) is 0 Å². The van der Waals surface area contributed by atoms with Crippen molar-refractivity contribution in [2.75, 3.05) is 25.5 Å². The zero-order valence-corrected chi connectivity index (χ0v) is 19.7. The van der Waals surface area contributed by atoms with Gasteiger partial charge < -0.3 is 20.1 Å². The lowest BCUT2D eigenvalue weighted by Gasteiger charge is -2.62. The van der Waals surface area contributed by atoms with Crippen molar-refractivity contribution in [3.63, 3.8) is 0 Å². The summed E-state index contributed by atoms with van der Waals surface area (Å²) in [6.45, 7) is 3.63. The van der Waals surface area contributed by atoms with Gasteiger partial charge in [-0.25, -0.2) is 0 Å². The molecule has 6 nitrogen and oxygen atoms in total. The Morgan fingerprint density at radius 2 is 1.83 bits per heavy atom. The number of nitrogens with zero attached hydrogens (tertiary/aromatic N) is 2. The summed E-state index contributed by atoms with van der Waals surface area (Å²) in [5.41, 5.74) is 0.202. The Balaban J connectivity index is 1.27. The monoisotopic (exact) mass is 486 g/mol. The molecule has 2 bridgehead atoms. The second-order valence-corrected chi connectivity index (χ2v) is 11.0. The summed E-state index contributed by atoms with van der Waals surface area (Å²) in [5.74, 6) is 1.27. The van der Waals surface area contributed by atoms with E-state index in [0.29, 0.717) is 34.6 Å². The number of nitrogens with one attached hydrogen (secondary N) is 2. The van der Waals surface area contributed by atoms with Crippen molar-refractivity contribution in [1.29, 1.82) is 0 Å². The summed E-state index contributed by atoms with van der Waals surface area (Å²) < 4.78 is 41.2. The van der Waals surface area contributed by atoms with Gasteiger partial charge in [0.1, 0.15) is 0 Å². The normalized spacial score (nSPS) is 31.7. The number of rotatable bonds is 6. The van der Waals surface area contributed by atoms with Crippen LogP contribution >= 0.6 is 0 Å². The Kier molecular flexibility index (Phi) is 4.91. The second kappa shape index (κ2) is 7.59. The summed E-state index contributed by atoms with van der Waals surface area (Å²) in [7, 11) is 2.09. The number of amides is 1. The Bertz CT molecular complexity index is 1230. The van der Waals surface area contributed by atoms with Crippen LogP contribution in [0.1, 0.15) is 53.7 Å². The quantitative estimate of drug-likeness (QED) is 0.651. The van der Waals surface area contributed by atoms with Crippen LogP contribution in [0, 0.1) is 17.8 Å². The molecule has 7 rings (SSSR count). The lowest BCUT2D eigenvalue weighted by atomic mass is 9.49. The number of alkyl halides is 3. The highest BCUT2D eigenvalue weighted by Gasteiger charge is 2.58. The van der Waals surface area contributed by atoms with Crippen molar-refractivity contribution < 1.29 is 18.0 Å². The number of pyridine rings is 1. The average Bonchev–Trinajstić information content (AvgIpc) is 3.17. The molecule has 4 saturated carbocycles. The third-order valence-corrected chi connectivity index (χ3v) is 8.58. The highest BCUT2D eigenvalue weighted by Crippen LogP contribution is 2.61. The summed E-state index contributed by atoms with van der Waals surface area (Å²) >= 11 is 0. The van der Waals surface area contributed by atoms with Gasteiger partial charge in [0.2, 0.25) is 0 Å². The first-order chi connectivity index (χ1) is 16.5. The molecule has 4 aliphatic carbocycles. The topological polar surface area (TPSA) is 66.4 Å². The van der Waals surface area contributed by atoms with Crippen molar-refractivity contribution >= 4 is 11.6 Å². The highest BCUT2D eigenvalue weighted by atomic mass is 19.4. The number of benzene rings is 1. The van der Waals surface area contributed by atoms with Crippen molar-refractivity contribution in [2.24, 2.45) is 17.8 Å². The maximum Gasteiger partial charge on any atom is 0.416 e. The fourth-order valence-corrected chi connectivity index (χ4v) is 6.40. The number of carbonyl (C=O) groups is 1. The summed E-state index contributed by atoms with van der Waals surface area (Å²) in [6, 6.07) is 6.12. The van der Waals surface area contributed by atoms with Crippen molar-refractivity contribution in [1.82, 2.24) is 14.8 Å². The van der Waals surface area contributed by atoms with Gasteiger partial charge >= 0.3 is 6.18 Å². The molecule has 1 amide bonds. The zero-order valence-electron chi connectivity index (χ0n) is 19.7. The summed E-state index contributed by atoms with van der Waals surface area (Å²) in [4.78, 5) is 28.8. The van der Waals surface area contributed by atoms with E-state index in [0.717, 1.165) is 44.5 Å².